The molecule has 3 rings (SSSR count). The second-order valence-electron chi connectivity index (χ2n) is 5.88. The predicted octanol–water partition coefficient (Wildman–Crippen LogP) is 3.89. The van der Waals surface area contributed by atoms with Crippen LogP contribution in [-0.4, -0.2) is 21.2 Å². The van der Waals surface area contributed by atoms with Crippen LogP contribution in [0.4, 0.5) is 0 Å². The number of amides is 1. The molecule has 0 radical (unpaired) electrons. The summed E-state index contributed by atoms with van der Waals surface area (Å²) in [6.45, 7) is 1.51. The van der Waals surface area contributed by atoms with Crippen LogP contribution in [0.3, 0.4) is 0 Å². The topological polar surface area (TPSA) is 79.6 Å². The van der Waals surface area contributed by atoms with Crippen molar-refractivity contribution in [3.8, 4) is 11.8 Å². The fraction of sp³-hybridized carbons (Fsp3) is 0.0455. The average molecular weight is 389 g/mol. The van der Waals surface area contributed by atoms with Crippen LogP contribution in [0.2, 0.25) is 0 Å². The Balaban J connectivity index is 1.79. The molecule has 6 heteroatoms. The van der Waals surface area contributed by atoms with Crippen molar-refractivity contribution in [2.45, 2.75) is 11.8 Å². The number of thiol groups is 1. The van der Waals surface area contributed by atoms with Gasteiger partial charge in [-0.25, -0.2) is 4.55 Å². The summed E-state index contributed by atoms with van der Waals surface area (Å²) in [5.41, 5.74) is 2.18. The van der Waals surface area contributed by atoms with Crippen molar-refractivity contribution in [1.29, 1.82) is 0 Å². The number of hydrogen-bond acceptors (Lipinski definition) is 3. The van der Waals surface area contributed by atoms with Crippen LogP contribution in [0.5, 0.6) is 0 Å². The highest BCUT2D eigenvalue weighted by atomic mass is 32.2. The summed E-state index contributed by atoms with van der Waals surface area (Å²) in [6, 6.07) is 17.4. The first-order chi connectivity index (χ1) is 13.5. The van der Waals surface area contributed by atoms with E-state index in [1.807, 2.05) is 6.07 Å². The molecule has 0 saturated heterocycles. The molecule has 1 heterocycles. The summed E-state index contributed by atoms with van der Waals surface area (Å²) in [4.78, 5) is 28.3. The molecule has 0 bridgehead atoms. The van der Waals surface area contributed by atoms with Gasteiger partial charge in [0.25, 0.3) is 0 Å². The van der Waals surface area contributed by atoms with Gasteiger partial charge in [0.2, 0.25) is 0 Å². The first kappa shape index (κ1) is 19.4. The minimum Gasteiger partial charge on any atom is -0.295 e. The summed E-state index contributed by atoms with van der Waals surface area (Å²) >= 11 is 0. The third-order valence-corrected chi connectivity index (χ3v) is 4.93. The summed E-state index contributed by atoms with van der Waals surface area (Å²) in [6.07, 6.45) is 2.94. The fourth-order valence-electron chi connectivity index (χ4n) is 2.32. The molecule has 1 amide bonds. The highest BCUT2D eigenvalue weighted by Crippen LogP contribution is 2.10. The number of carbonyl (C=O) groups excluding carboxylic acids is 2. The van der Waals surface area contributed by atoms with Crippen LogP contribution in [0, 0.1) is 11.8 Å². The van der Waals surface area contributed by atoms with Gasteiger partial charge in [0.1, 0.15) is 11.0 Å². The molecule has 0 saturated carbocycles. The van der Waals surface area contributed by atoms with Gasteiger partial charge in [0.15, 0.2) is 10.7 Å². The van der Waals surface area contributed by atoms with Crippen molar-refractivity contribution >= 4 is 22.7 Å². The van der Waals surface area contributed by atoms with Crippen molar-refractivity contribution in [1.82, 2.24) is 4.98 Å². The summed E-state index contributed by atoms with van der Waals surface area (Å²) in [5.74, 6) is 5.37. The molecule has 0 aliphatic heterocycles. The molecule has 3 aromatic rings. The zero-order valence-corrected chi connectivity index (χ0v) is 15.9. The zero-order chi connectivity index (χ0) is 19.9. The Morgan fingerprint density at radius 1 is 0.929 bits per heavy atom. The largest absolute Gasteiger partial charge is 0.323 e. The molecule has 2 aromatic carbocycles. The first-order valence-corrected chi connectivity index (χ1v) is 9.66. The van der Waals surface area contributed by atoms with E-state index in [-0.39, 0.29) is 11.3 Å². The number of Topliss-reactive ketones (excluding diaryl/α,β-unsaturated/α-hetero) is 1. The highest BCUT2D eigenvalue weighted by Gasteiger charge is 2.12. The molecule has 1 aromatic heterocycles. The fourth-order valence-corrected chi connectivity index (χ4v) is 3.16. The van der Waals surface area contributed by atoms with Gasteiger partial charge in [0, 0.05) is 29.1 Å². The average Bonchev–Trinajstić information content (AvgIpc) is 2.73. The van der Waals surface area contributed by atoms with E-state index in [2.05, 4.69) is 21.2 Å². The number of benzene rings is 2. The molecular weight excluding hydrogens is 372 g/mol. The van der Waals surface area contributed by atoms with E-state index in [0.29, 0.717) is 16.0 Å². The number of hydrogen-bond donors (Lipinski definition) is 1. The van der Waals surface area contributed by atoms with E-state index in [1.54, 1.807) is 60.8 Å². The highest BCUT2D eigenvalue weighted by molar-refractivity contribution is 7.82. The second-order valence-corrected chi connectivity index (χ2v) is 7.17. The van der Waals surface area contributed by atoms with E-state index in [9.17, 15) is 14.1 Å². The van der Waals surface area contributed by atoms with Crippen LogP contribution in [-0.2, 0) is 11.0 Å². The second kappa shape index (κ2) is 9.00. The van der Waals surface area contributed by atoms with Crippen LogP contribution < -0.4 is 0 Å². The zero-order valence-electron chi connectivity index (χ0n) is 15.0. The van der Waals surface area contributed by atoms with Gasteiger partial charge in [-0.15, -0.1) is 0 Å². The van der Waals surface area contributed by atoms with E-state index < -0.39 is 16.9 Å². The molecule has 1 atom stereocenters. The van der Waals surface area contributed by atoms with E-state index >= 15 is 0 Å². The van der Waals surface area contributed by atoms with Crippen LogP contribution >= 0.6 is 0 Å². The van der Waals surface area contributed by atoms with Gasteiger partial charge < -0.3 is 0 Å². The molecular formula is C22H17N2O3S+. The van der Waals surface area contributed by atoms with Gasteiger partial charge in [0.05, 0.1) is 5.56 Å². The number of carbonyl (C=O) groups is 2. The molecule has 5 nitrogen and oxygen atoms in total. The quantitative estimate of drug-likeness (QED) is 0.319. The standard InChI is InChI=1S/C22H16N2O3S/c1-16(25)19-11-9-17(10-12-19)7-8-18-13-20(15-23-14-18)22(26)24-28(27)21-5-3-2-4-6-21/h2-6,9-15H,1H3,(H,24,26,27)/p+1. The maximum absolute atomic E-state index is 12.3. The van der Waals surface area contributed by atoms with Gasteiger partial charge in [-0.2, -0.15) is 0 Å². The van der Waals surface area contributed by atoms with Gasteiger partial charge in [-0.3, -0.25) is 14.6 Å². The summed E-state index contributed by atoms with van der Waals surface area (Å²) in [5, 5.41) is 0. The number of pyridine rings is 1. The first-order valence-electron chi connectivity index (χ1n) is 8.41. The SMILES string of the molecule is CC(=O)c1ccc(C#Cc2cncc(C(=O)N=[SH+](O)c3ccccc3)c2)cc1. The lowest BCUT2D eigenvalue weighted by Gasteiger charge is -1.97. The van der Waals surface area contributed by atoms with Crippen molar-refractivity contribution in [2.24, 2.45) is 4.36 Å². The Morgan fingerprint density at radius 3 is 2.29 bits per heavy atom. The third-order valence-electron chi connectivity index (χ3n) is 3.80. The number of rotatable bonds is 3. The molecule has 0 fully saturated rings. The molecule has 0 aliphatic carbocycles. The lowest BCUT2D eigenvalue weighted by atomic mass is 10.1. The summed E-state index contributed by atoms with van der Waals surface area (Å²) < 4.78 is 14.0. The normalized spacial score (nSPS) is 11.4. The Kier molecular flexibility index (Phi) is 6.22. The molecule has 1 N–H and O–H groups in total. The molecule has 0 aliphatic rings. The minimum atomic E-state index is -1.92. The third kappa shape index (κ3) is 5.07. The Labute approximate surface area is 165 Å². The van der Waals surface area contributed by atoms with Crippen LogP contribution in [0.25, 0.3) is 0 Å². The molecule has 1 unspecified atom stereocenters. The smallest absolute Gasteiger partial charge is 0.295 e. The van der Waals surface area contributed by atoms with Gasteiger partial charge >= 0.3 is 5.91 Å². The number of ketones is 1. The van der Waals surface area contributed by atoms with E-state index in [0.717, 1.165) is 5.56 Å². The Bertz CT molecular complexity index is 1110. The Morgan fingerprint density at radius 2 is 1.61 bits per heavy atom. The minimum absolute atomic E-state index is 0.00183. The lowest BCUT2D eigenvalue weighted by molar-refractivity contribution is 0.0999. The van der Waals surface area contributed by atoms with Crippen molar-refractivity contribution in [3.05, 3.63) is 95.3 Å². The molecule has 0 spiro atoms. The number of aromatic nitrogens is 1. The maximum Gasteiger partial charge on any atom is 0.323 e. The van der Waals surface area contributed by atoms with E-state index in [1.165, 1.54) is 13.1 Å². The number of nitrogens with zero attached hydrogens (tertiary/aromatic N) is 2. The van der Waals surface area contributed by atoms with Gasteiger partial charge in [-0.1, -0.05) is 42.2 Å². The van der Waals surface area contributed by atoms with Crippen molar-refractivity contribution in [3.63, 3.8) is 0 Å². The molecule has 138 valence electrons. The monoisotopic (exact) mass is 389 g/mol. The van der Waals surface area contributed by atoms with Crippen LogP contribution in [0.1, 0.15) is 38.8 Å². The van der Waals surface area contributed by atoms with E-state index in [4.69, 9.17) is 0 Å². The Hall–Kier alpha value is -3.40. The van der Waals surface area contributed by atoms with Gasteiger partial charge in [-0.05, 0) is 41.6 Å². The lowest BCUT2D eigenvalue weighted by Crippen LogP contribution is -2.00. The summed E-state index contributed by atoms with van der Waals surface area (Å²) in [7, 11) is -1.92. The van der Waals surface area contributed by atoms with Crippen molar-refractivity contribution < 1.29 is 14.1 Å². The predicted molar refractivity (Wildman–Crippen MR) is 110 cm³/mol. The van der Waals surface area contributed by atoms with Crippen LogP contribution in [0.15, 0.2) is 82.3 Å². The molecule has 28 heavy (non-hydrogen) atoms. The maximum atomic E-state index is 12.3. The van der Waals surface area contributed by atoms with Crippen molar-refractivity contribution in [2.75, 3.05) is 0 Å².